The highest BCUT2D eigenvalue weighted by molar-refractivity contribution is 5.90. The summed E-state index contributed by atoms with van der Waals surface area (Å²) < 4.78 is 3.76. The number of rotatable bonds is 3. The van der Waals surface area contributed by atoms with Gasteiger partial charge in [-0.2, -0.15) is 15.1 Å². The molecule has 0 atom stereocenters. The van der Waals surface area contributed by atoms with E-state index < -0.39 is 0 Å². The molecule has 4 aromatic rings. The van der Waals surface area contributed by atoms with Crippen molar-refractivity contribution in [3.63, 3.8) is 0 Å². The van der Waals surface area contributed by atoms with Crippen LogP contribution in [0.5, 0.6) is 0 Å². The van der Waals surface area contributed by atoms with E-state index in [2.05, 4.69) is 10.4 Å². The number of hydrogen-bond acceptors (Lipinski definition) is 4. The van der Waals surface area contributed by atoms with Crippen molar-refractivity contribution in [2.75, 3.05) is 5.32 Å². The molecule has 120 valence electrons. The van der Waals surface area contributed by atoms with Gasteiger partial charge >= 0.3 is 0 Å². The van der Waals surface area contributed by atoms with Gasteiger partial charge in [0.25, 0.3) is 5.95 Å². The zero-order chi connectivity index (χ0) is 16.7. The highest BCUT2D eigenvalue weighted by atomic mass is 15.4. The van der Waals surface area contributed by atoms with Crippen LogP contribution in [-0.2, 0) is 7.05 Å². The lowest BCUT2D eigenvalue weighted by Crippen LogP contribution is -2.08. The van der Waals surface area contributed by atoms with Crippen molar-refractivity contribution in [1.82, 2.24) is 24.3 Å². The molecule has 0 saturated carbocycles. The van der Waals surface area contributed by atoms with Crippen molar-refractivity contribution in [2.45, 2.75) is 13.8 Å². The molecule has 3 heterocycles. The number of aromatic nitrogens is 5. The number of nitrogens with zero attached hydrogens (tertiary/aromatic N) is 5. The Hall–Kier alpha value is -3.15. The van der Waals surface area contributed by atoms with E-state index >= 15 is 0 Å². The molecule has 1 aromatic carbocycles. The molecule has 0 aliphatic rings. The predicted molar refractivity (Wildman–Crippen MR) is 94.8 cm³/mol. The molecule has 0 unspecified atom stereocenters. The number of aryl methyl sites for hydroxylation is 3. The number of anilines is 2. The second kappa shape index (κ2) is 5.49. The molecule has 1 N–H and O–H groups in total. The van der Waals surface area contributed by atoms with Gasteiger partial charge in [-0.1, -0.05) is 18.2 Å². The second-order valence-electron chi connectivity index (χ2n) is 5.87. The smallest absolute Gasteiger partial charge is 0.254 e. The lowest BCUT2D eigenvalue weighted by Gasteiger charge is -2.10. The number of nitrogens with one attached hydrogen (secondary N) is 1. The third kappa shape index (κ3) is 2.42. The van der Waals surface area contributed by atoms with E-state index in [0.717, 1.165) is 33.9 Å². The van der Waals surface area contributed by atoms with Gasteiger partial charge in [-0.3, -0.25) is 0 Å². The van der Waals surface area contributed by atoms with Crippen LogP contribution in [0.3, 0.4) is 0 Å². The first-order valence-corrected chi connectivity index (χ1v) is 7.80. The van der Waals surface area contributed by atoms with Crippen LogP contribution in [0.2, 0.25) is 0 Å². The molecule has 4 rings (SSSR count). The van der Waals surface area contributed by atoms with Crippen LogP contribution in [0.25, 0.3) is 17.0 Å². The first-order valence-electron chi connectivity index (χ1n) is 7.80. The van der Waals surface area contributed by atoms with Crippen LogP contribution in [0, 0.1) is 13.8 Å². The average molecular weight is 318 g/mol. The summed E-state index contributed by atoms with van der Waals surface area (Å²) in [6, 6.07) is 14.0. The zero-order valence-corrected chi connectivity index (χ0v) is 13.9. The van der Waals surface area contributed by atoms with Crippen LogP contribution in [0.15, 0.2) is 48.7 Å². The molecular weight excluding hydrogens is 300 g/mol. The van der Waals surface area contributed by atoms with Crippen LogP contribution >= 0.6 is 0 Å². The highest BCUT2D eigenvalue weighted by Crippen LogP contribution is 2.25. The van der Waals surface area contributed by atoms with Crippen LogP contribution in [-0.4, -0.2) is 24.3 Å². The Morgan fingerprint density at radius 3 is 2.50 bits per heavy atom. The summed E-state index contributed by atoms with van der Waals surface area (Å²) in [6.45, 7) is 3.97. The van der Waals surface area contributed by atoms with Crippen molar-refractivity contribution in [1.29, 1.82) is 0 Å². The molecule has 0 radical (unpaired) electrons. The molecule has 3 aromatic heterocycles. The molecule has 0 saturated heterocycles. The summed E-state index contributed by atoms with van der Waals surface area (Å²) in [7, 11) is 1.98. The summed E-state index contributed by atoms with van der Waals surface area (Å²) in [5.41, 5.74) is 3.80. The summed E-state index contributed by atoms with van der Waals surface area (Å²) in [6.07, 6.45) is 1.99. The van der Waals surface area contributed by atoms with E-state index in [1.165, 1.54) is 0 Å². The Labute approximate surface area is 139 Å². The molecule has 6 heteroatoms. The first kappa shape index (κ1) is 14.4. The quantitative estimate of drug-likeness (QED) is 0.628. The van der Waals surface area contributed by atoms with Crippen molar-refractivity contribution in [3.8, 4) is 5.95 Å². The van der Waals surface area contributed by atoms with Crippen molar-refractivity contribution < 1.29 is 0 Å². The van der Waals surface area contributed by atoms with Gasteiger partial charge < -0.3 is 9.88 Å². The zero-order valence-electron chi connectivity index (χ0n) is 13.9. The summed E-state index contributed by atoms with van der Waals surface area (Å²) >= 11 is 0. The minimum Gasteiger partial charge on any atom is -0.339 e. The number of benzene rings is 1. The van der Waals surface area contributed by atoms with E-state index in [9.17, 15) is 0 Å². The monoisotopic (exact) mass is 318 g/mol. The Morgan fingerprint density at radius 2 is 1.79 bits per heavy atom. The molecule has 0 bridgehead atoms. The Bertz CT molecular complexity index is 1010. The Balaban J connectivity index is 1.90. The maximum Gasteiger partial charge on any atom is 0.254 e. The van der Waals surface area contributed by atoms with E-state index in [0.29, 0.717) is 5.95 Å². The molecular formula is C18H18N6. The molecule has 0 aliphatic heterocycles. The van der Waals surface area contributed by atoms with Crippen LogP contribution < -0.4 is 5.32 Å². The summed E-state index contributed by atoms with van der Waals surface area (Å²) in [4.78, 5) is 9.41. The Kier molecular flexibility index (Phi) is 3.30. The largest absolute Gasteiger partial charge is 0.339 e. The van der Waals surface area contributed by atoms with E-state index in [-0.39, 0.29) is 0 Å². The van der Waals surface area contributed by atoms with E-state index in [1.807, 2.05) is 74.1 Å². The van der Waals surface area contributed by atoms with Gasteiger partial charge in [0, 0.05) is 24.6 Å². The third-order valence-electron chi connectivity index (χ3n) is 3.95. The molecule has 6 nitrogen and oxygen atoms in total. The third-order valence-corrected chi connectivity index (χ3v) is 3.95. The lowest BCUT2D eigenvalue weighted by atomic mass is 10.3. The number of hydrogen-bond donors (Lipinski definition) is 1. The summed E-state index contributed by atoms with van der Waals surface area (Å²) in [5.74, 6) is 1.34. The summed E-state index contributed by atoms with van der Waals surface area (Å²) in [5, 5.41) is 8.87. The molecule has 0 spiro atoms. The van der Waals surface area contributed by atoms with Gasteiger partial charge in [-0.05, 0) is 38.1 Å². The topological polar surface area (TPSA) is 60.6 Å². The van der Waals surface area contributed by atoms with Crippen LogP contribution in [0.4, 0.5) is 11.5 Å². The van der Waals surface area contributed by atoms with E-state index in [4.69, 9.17) is 9.97 Å². The molecule has 0 aliphatic carbocycles. The van der Waals surface area contributed by atoms with E-state index in [1.54, 1.807) is 4.68 Å². The standard InChI is InChI=1S/C18H18N6/c1-12-11-13(2)24(22-12)18-20-16(19-14-7-5-4-6-8-14)15-9-10-23(3)17(15)21-18/h4-11H,1-3H3,(H,19,20,21). The maximum absolute atomic E-state index is 4.72. The molecule has 24 heavy (non-hydrogen) atoms. The fourth-order valence-corrected chi connectivity index (χ4v) is 2.80. The van der Waals surface area contributed by atoms with Gasteiger partial charge in [-0.15, -0.1) is 0 Å². The predicted octanol–water partition coefficient (Wildman–Crippen LogP) is 3.51. The Morgan fingerprint density at radius 1 is 1.00 bits per heavy atom. The van der Waals surface area contributed by atoms with Crippen molar-refractivity contribution >= 4 is 22.5 Å². The van der Waals surface area contributed by atoms with Gasteiger partial charge in [0.05, 0.1) is 11.1 Å². The SMILES string of the molecule is Cc1cc(C)n(-c2nc(Nc3ccccc3)c3ccn(C)c3n2)n1. The fourth-order valence-electron chi connectivity index (χ4n) is 2.80. The lowest BCUT2D eigenvalue weighted by molar-refractivity contribution is 0.776. The first-order chi connectivity index (χ1) is 11.6. The fraction of sp³-hybridized carbons (Fsp3) is 0.167. The molecule has 0 fully saturated rings. The number of para-hydroxylation sites is 1. The maximum atomic E-state index is 4.72. The second-order valence-corrected chi connectivity index (χ2v) is 5.87. The minimum absolute atomic E-state index is 0.563. The molecule has 0 amide bonds. The highest BCUT2D eigenvalue weighted by Gasteiger charge is 2.14. The average Bonchev–Trinajstić information content (AvgIpc) is 3.11. The van der Waals surface area contributed by atoms with Gasteiger partial charge in [0.15, 0.2) is 0 Å². The van der Waals surface area contributed by atoms with Crippen molar-refractivity contribution in [2.24, 2.45) is 7.05 Å². The number of fused-ring (bicyclic) bond motifs is 1. The van der Waals surface area contributed by atoms with Gasteiger partial charge in [-0.25, -0.2) is 4.68 Å². The van der Waals surface area contributed by atoms with Crippen molar-refractivity contribution in [3.05, 3.63) is 60.0 Å². The normalized spacial score (nSPS) is 11.1. The van der Waals surface area contributed by atoms with Gasteiger partial charge in [0.1, 0.15) is 11.5 Å². The van der Waals surface area contributed by atoms with Gasteiger partial charge in [0.2, 0.25) is 0 Å². The van der Waals surface area contributed by atoms with Crippen LogP contribution in [0.1, 0.15) is 11.4 Å². The minimum atomic E-state index is 0.563.